The number of rotatable bonds is 1. The molecular weight excluding hydrogens is 282 g/mol. The van der Waals surface area contributed by atoms with Crippen molar-refractivity contribution in [3.05, 3.63) is 92.5 Å². The van der Waals surface area contributed by atoms with Crippen molar-refractivity contribution in [2.45, 2.75) is 20.8 Å². The fourth-order valence-corrected chi connectivity index (χ4v) is 2.59. The summed E-state index contributed by atoms with van der Waals surface area (Å²) in [7, 11) is 0. The van der Waals surface area contributed by atoms with Gasteiger partial charge < -0.3 is 0 Å². The SMILES string of the molecule is Cc1ccc(-n2c(=O)c3c(=O)c(C)c(C)c(=O)c=3c2=O)cc1. The Labute approximate surface area is 124 Å². The Balaban J connectivity index is 2.61. The minimum Gasteiger partial charge on any atom is -0.289 e. The van der Waals surface area contributed by atoms with Gasteiger partial charge in [-0.05, 0) is 32.9 Å². The first-order valence-corrected chi connectivity index (χ1v) is 6.81. The van der Waals surface area contributed by atoms with E-state index >= 15 is 0 Å². The second-order valence-corrected chi connectivity index (χ2v) is 5.44. The third-order valence-electron chi connectivity index (χ3n) is 4.07. The van der Waals surface area contributed by atoms with Gasteiger partial charge in [0.2, 0.25) is 0 Å². The summed E-state index contributed by atoms with van der Waals surface area (Å²) in [5, 5.41) is -0.614. The van der Waals surface area contributed by atoms with Crippen molar-refractivity contribution in [2.75, 3.05) is 0 Å². The largest absolute Gasteiger partial charge is 0.289 e. The lowest BCUT2D eigenvalue weighted by Gasteiger charge is -2.00. The molecule has 0 saturated carbocycles. The van der Waals surface area contributed by atoms with Crippen molar-refractivity contribution in [3.63, 3.8) is 0 Å². The first-order valence-electron chi connectivity index (χ1n) is 6.81. The quantitative estimate of drug-likeness (QED) is 0.653. The molecule has 0 N–H and O–H groups in total. The predicted octanol–water partition coefficient (Wildman–Crippen LogP) is 0.444. The monoisotopic (exact) mass is 295 g/mol. The highest BCUT2D eigenvalue weighted by atomic mass is 16.2. The molecule has 0 amide bonds. The van der Waals surface area contributed by atoms with E-state index in [0.29, 0.717) is 5.69 Å². The fraction of sp³-hybridized carbons (Fsp3) is 0.176. The minimum atomic E-state index is -0.728. The van der Waals surface area contributed by atoms with Gasteiger partial charge in [-0.3, -0.25) is 19.2 Å². The third kappa shape index (κ3) is 1.72. The van der Waals surface area contributed by atoms with Gasteiger partial charge in [-0.2, -0.15) is 0 Å². The zero-order chi connectivity index (χ0) is 16.2. The van der Waals surface area contributed by atoms with Crippen LogP contribution in [0, 0.1) is 31.2 Å². The van der Waals surface area contributed by atoms with Crippen LogP contribution in [0.25, 0.3) is 5.69 Å². The van der Waals surface area contributed by atoms with Crippen LogP contribution >= 0.6 is 0 Å². The number of hydrogen-bond acceptors (Lipinski definition) is 4. The normalized spacial score (nSPS) is 11.2. The van der Waals surface area contributed by atoms with Crippen LogP contribution < -0.4 is 22.0 Å². The summed E-state index contributed by atoms with van der Waals surface area (Å²) in [6, 6.07) is 6.74. The Hall–Kier alpha value is -2.82. The molecule has 0 fully saturated rings. The average Bonchev–Trinajstić information content (AvgIpc) is 2.75. The molecular formula is C17H13NO4. The van der Waals surface area contributed by atoms with Crippen LogP contribution in [-0.4, -0.2) is 4.57 Å². The number of nitrogens with zero attached hydrogens (tertiary/aromatic N) is 1. The summed E-state index contributed by atoms with van der Waals surface area (Å²) in [6.45, 7) is 4.86. The summed E-state index contributed by atoms with van der Waals surface area (Å²) in [4.78, 5) is 49.6. The van der Waals surface area contributed by atoms with Crippen molar-refractivity contribution in [1.29, 1.82) is 0 Å². The predicted molar refractivity (Wildman–Crippen MR) is 82.7 cm³/mol. The highest BCUT2D eigenvalue weighted by Gasteiger charge is 2.19. The van der Waals surface area contributed by atoms with E-state index in [-0.39, 0.29) is 21.6 Å². The van der Waals surface area contributed by atoms with Crippen LogP contribution in [-0.2, 0) is 0 Å². The van der Waals surface area contributed by atoms with Gasteiger partial charge in [0, 0.05) is 11.1 Å². The molecule has 2 aliphatic rings. The van der Waals surface area contributed by atoms with E-state index in [1.54, 1.807) is 24.3 Å². The summed E-state index contributed by atoms with van der Waals surface area (Å²) >= 11 is 0. The number of aryl methyl sites for hydroxylation is 1. The Morgan fingerprint density at radius 1 is 0.682 bits per heavy atom. The minimum absolute atomic E-state index is 0.218. The van der Waals surface area contributed by atoms with Gasteiger partial charge in [-0.15, -0.1) is 0 Å². The Bertz CT molecular complexity index is 1090. The molecule has 0 atom stereocenters. The van der Waals surface area contributed by atoms with Crippen LogP contribution in [0.3, 0.4) is 0 Å². The highest BCUT2D eigenvalue weighted by molar-refractivity contribution is 5.37. The number of aromatic nitrogens is 1. The standard InChI is InChI=1S/C17H13NO4/c1-8-4-6-11(7-5-8)18-16(21)12-13(17(18)22)15(20)10(3)9(2)14(12)19/h4-7H,1-3H3. The molecule has 110 valence electrons. The van der Waals surface area contributed by atoms with E-state index in [9.17, 15) is 19.2 Å². The lowest BCUT2D eigenvalue weighted by Crippen LogP contribution is -2.26. The molecule has 5 heteroatoms. The second kappa shape index (κ2) is 4.59. The number of benzene rings is 1. The first kappa shape index (κ1) is 14.1. The van der Waals surface area contributed by atoms with Crippen LogP contribution in [0.1, 0.15) is 16.7 Å². The van der Waals surface area contributed by atoms with E-state index in [1.807, 2.05) is 6.92 Å². The van der Waals surface area contributed by atoms with Crippen LogP contribution in [0.5, 0.6) is 0 Å². The van der Waals surface area contributed by atoms with E-state index in [2.05, 4.69) is 0 Å². The van der Waals surface area contributed by atoms with Gasteiger partial charge in [0.15, 0.2) is 10.9 Å². The summed E-state index contributed by atoms with van der Waals surface area (Å²) in [5.41, 5.74) is -0.776. The van der Waals surface area contributed by atoms with E-state index in [4.69, 9.17) is 0 Å². The smallest absolute Gasteiger partial charge is 0.270 e. The van der Waals surface area contributed by atoms with Crippen LogP contribution in [0.2, 0.25) is 0 Å². The molecule has 3 rings (SSSR count). The van der Waals surface area contributed by atoms with Crippen molar-refractivity contribution in [1.82, 2.24) is 4.57 Å². The lowest BCUT2D eigenvalue weighted by molar-refractivity contribution is 0.968. The Kier molecular flexibility index (Phi) is 2.95. The zero-order valence-electron chi connectivity index (χ0n) is 12.4. The molecule has 0 unspecified atom stereocenters. The summed E-state index contributed by atoms with van der Waals surface area (Å²) in [6.07, 6.45) is 0. The molecule has 0 spiro atoms. The molecule has 1 aliphatic carbocycles. The molecule has 0 saturated heterocycles. The van der Waals surface area contributed by atoms with E-state index in [1.165, 1.54) is 13.8 Å². The molecule has 0 aromatic heterocycles. The maximum atomic E-state index is 12.5. The second-order valence-electron chi connectivity index (χ2n) is 5.44. The molecule has 0 radical (unpaired) electrons. The maximum absolute atomic E-state index is 12.5. The lowest BCUT2D eigenvalue weighted by atomic mass is 10.1. The van der Waals surface area contributed by atoms with Gasteiger partial charge in [-0.25, -0.2) is 4.57 Å². The van der Waals surface area contributed by atoms with Crippen molar-refractivity contribution in [2.24, 2.45) is 0 Å². The molecule has 1 aliphatic heterocycles. The molecule has 1 heterocycles. The fourth-order valence-electron chi connectivity index (χ4n) is 2.59. The Morgan fingerprint density at radius 3 is 1.50 bits per heavy atom. The van der Waals surface area contributed by atoms with Crippen molar-refractivity contribution < 1.29 is 0 Å². The zero-order valence-corrected chi connectivity index (χ0v) is 12.4. The Morgan fingerprint density at radius 2 is 1.09 bits per heavy atom. The van der Waals surface area contributed by atoms with Gasteiger partial charge >= 0.3 is 0 Å². The van der Waals surface area contributed by atoms with Gasteiger partial charge in [0.25, 0.3) is 11.1 Å². The molecule has 22 heavy (non-hydrogen) atoms. The summed E-state index contributed by atoms with van der Waals surface area (Å²) < 4.78 is 0.895. The van der Waals surface area contributed by atoms with Crippen LogP contribution in [0.15, 0.2) is 43.4 Å². The highest BCUT2D eigenvalue weighted by Crippen LogP contribution is 2.05. The van der Waals surface area contributed by atoms with Crippen LogP contribution in [0.4, 0.5) is 0 Å². The third-order valence-corrected chi connectivity index (χ3v) is 4.07. The van der Waals surface area contributed by atoms with Crippen molar-refractivity contribution in [3.8, 4) is 5.69 Å². The van der Waals surface area contributed by atoms with Gasteiger partial charge in [0.05, 0.1) is 5.69 Å². The molecule has 1 aromatic rings. The summed E-state index contributed by atoms with van der Waals surface area (Å²) in [5.74, 6) is 0. The van der Waals surface area contributed by atoms with Gasteiger partial charge in [-0.1, -0.05) is 17.7 Å². The van der Waals surface area contributed by atoms with E-state index < -0.39 is 22.0 Å². The average molecular weight is 295 g/mol. The molecule has 5 nitrogen and oxygen atoms in total. The van der Waals surface area contributed by atoms with E-state index in [0.717, 1.165) is 10.1 Å². The van der Waals surface area contributed by atoms with Crippen molar-refractivity contribution >= 4 is 0 Å². The first-order chi connectivity index (χ1) is 10.3. The topological polar surface area (TPSA) is 73.2 Å². The van der Waals surface area contributed by atoms with Gasteiger partial charge in [0.1, 0.15) is 10.4 Å². The number of hydrogen-bond donors (Lipinski definition) is 0. The maximum Gasteiger partial charge on any atom is 0.270 e. The molecule has 1 aromatic carbocycles. The molecule has 0 bridgehead atoms.